The standard InChI is InChI=1S/C14H12FNO2/c1-9-7-8-16(14(18)13(9)10(2)17)12-5-3-11(15)4-6-12/h3-8H,1-2H3. The number of hydrogen-bond donors (Lipinski definition) is 0. The smallest absolute Gasteiger partial charge is 0.266 e. The number of nitrogens with zero attached hydrogens (tertiary/aromatic N) is 1. The third-order valence-electron chi connectivity index (χ3n) is 2.76. The quantitative estimate of drug-likeness (QED) is 0.762. The van der Waals surface area contributed by atoms with Crippen LogP contribution in [0.4, 0.5) is 4.39 Å². The van der Waals surface area contributed by atoms with Gasteiger partial charge in [0.05, 0.1) is 5.56 Å². The van der Waals surface area contributed by atoms with Gasteiger partial charge in [-0.15, -0.1) is 0 Å². The molecule has 0 bridgehead atoms. The Labute approximate surface area is 104 Å². The monoisotopic (exact) mass is 245 g/mol. The number of benzene rings is 1. The minimum Gasteiger partial charge on any atom is -0.294 e. The number of aryl methyl sites for hydroxylation is 1. The lowest BCUT2D eigenvalue weighted by Gasteiger charge is -2.08. The Kier molecular flexibility index (Phi) is 3.10. The Morgan fingerprint density at radius 1 is 1.17 bits per heavy atom. The molecule has 0 saturated heterocycles. The molecule has 3 nitrogen and oxygen atoms in total. The summed E-state index contributed by atoms with van der Waals surface area (Å²) in [5.74, 6) is -0.639. The van der Waals surface area contributed by atoms with Gasteiger partial charge in [0.2, 0.25) is 0 Å². The van der Waals surface area contributed by atoms with E-state index in [-0.39, 0.29) is 22.7 Å². The molecule has 2 rings (SSSR count). The summed E-state index contributed by atoms with van der Waals surface area (Å²) < 4.78 is 14.2. The molecule has 0 amide bonds. The first-order valence-corrected chi connectivity index (χ1v) is 5.50. The van der Waals surface area contributed by atoms with Crippen molar-refractivity contribution in [3.63, 3.8) is 0 Å². The number of rotatable bonds is 2. The maximum Gasteiger partial charge on any atom is 0.266 e. The number of aromatic nitrogens is 1. The third-order valence-corrected chi connectivity index (χ3v) is 2.76. The lowest BCUT2D eigenvalue weighted by atomic mass is 10.1. The number of pyridine rings is 1. The second-order valence-electron chi connectivity index (χ2n) is 4.08. The van der Waals surface area contributed by atoms with E-state index >= 15 is 0 Å². The summed E-state index contributed by atoms with van der Waals surface area (Å²) >= 11 is 0. The van der Waals surface area contributed by atoms with E-state index in [4.69, 9.17) is 0 Å². The van der Waals surface area contributed by atoms with Crippen LogP contribution in [0.3, 0.4) is 0 Å². The number of hydrogen-bond acceptors (Lipinski definition) is 2. The van der Waals surface area contributed by atoms with Crippen molar-refractivity contribution in [2.24, 2.45) is 0 Å². The third kappa shape index (κ3) is 2.09. The molecule has 18 heavy (non-hydrogen) atoms. The van der Waals surface area contributed by atoms with Gasteiger partial charge >= 0.3 is 0 Å². The Hall–Kier alpha value is -2.23. The molecule has 0 aliphatic rings. The minimum atomic E-state index is -0.380. The fraction of sp³-hybridized carbons (Fsp3) is 0.143. The van der Waals surface area contributed by atoms with Crippen molar-refractivity contribution in [1.82, 2.24) is 4.57 Å². The fourth-order valence-electron chi connectivity index (χ4n) is 1.86. The zero-order valence-electron chi connectivity index (χ0n) is 10.1. The van der Waals surface area contributed by atoms with Crippen LogP contribution in [0.5, 0.6) is 0 Å². The summed E-state index contributed by atoms with van der Waals surface area (Å²) in [6, 6.07) is 7.23. The van der Waals surface area contributed by atoms with E-state index in [9.17, 15) is 14.0 Å². The average Bonchev–Trinajstić information content (AvgIpc) is 2.30. The van der Waals surface area contributed by atoms with Crippen molar-refractivity contribution in [2.75, 3.05) is 0 Å². The largest absolute Gasteiger partial charge is 0.294 e. The first kappa shape index (κ1) is 12.2. The van der Waals surface area contributed by atoms with Crippen molar-refractivity contribution in [2.45, 2.75) is 13.8 Å². The topological polar surface area (TPSA) is 39.1 Å². The highest BCUT2D eigenvalue weighted by molar-refractivity contribution is 5.95. The van der Waals surface area contributed by atoms with E-state index in [2.05, 4.69) is 0 Å². The van der Waals surface area contributed by atoms with E-state index in [0.717, 1.165) is 0 Å². The number of halogens is 1. The predicted octanol–water partition coefficient (Wildman–Crippen LogP) is 2.49. The van der Waals surface area contributed by atoms with Gasteiger partial charge in [-0.25, -0.2) is 4.39 Å². The Morgan fingerprint density at radius 3 is 2.33 bits per heavy atom. The molecular weight excluding hydrogens is 233 g/mol. The lowest BCUT2D eigenvalue weighted by molar-refractivity contribution is 0.101. The van der Waals surface area contributed by atoms with Gasteiger partial charge in [-0.3, -0.25) is 14.2 Å². The summed E-state index contributed by atoms with van der Waals surface area (Å²) in [4.78, 5) is 23.6. The second-order valence-corrected chi connectivity index (χ2v) is 4.08. The maximum atomic E-state index is 12.8. The van der Waals surface area contributed by atoms with Gasteiger partial charge in [-0.2, -0.15) is 0 Å². The van der Waals surface area contributed by atoms with Gasteiger partial charge in [0.15, 0.2) is 5.78 Å². The van der Waals surface area contributed by atoms with Gasteiger partial charge in [0.25, 0.3) is 5.56 Å². The van der Waals surface area contributed by atoms with Gasteiger partial charge in [0.1, 0.15) is 5.82 Å². The molecule has 0 atom stereocenters. The number of Topliss-reactive ketones (excluding diaryl/α,β-unsaturated/α-hetero) is 1. The Morgan fingerprint density at radius 2 is 1.78 bits per heavy atom. The van der Waals surface area contributed by atoms with Crippen molar-refractivity contribution >= 4 is 5.78 Å². The SMILES string of the molecule is CC(=O)c1c(C)ccn(-c2ccc(F)cc2)c1=O. The minimum absolute atomic E-state index is 0.168. The van der Waals surface area contributed by atoms with Crippen LogP contribution in [0.1, 0.15) is 22.8 Å². The number of ketones is 1. The normalized spacial score (nSPS) is 10.4. The van der Waals surface area contributed by atoms with Crippen LogP contribution in [-0.2, 0) is 0 Å². The maximum absolute atomic E-state index is 12.8. The molecule has 1 aromatic carbocycles. The van der Waals surface area contributed by atoms with Crippen LogP contribution in [0.2, 0.25) is 0 Å². The van der Waals surface area contributed by atoms with E-state index < -0.39 is 0 Å². The van der Waals surface area contributed by atoms with Crippen LogP contribution in [0.15, 0.2) is 41.3 Å². The summed E-state index contributed by atoms with van der Waals surface area (Å²) in [6.07, 6.45) is 1.58. The zero-order valence-corrected chi connectivity index (χ0v) is 10.1. The van der Waals surface area contributed by atoms with Gasteiger partial charge in [-0.05, 0) is 49.7 Å². The molecule has 0 unspecified atom stereocenters. The van der Waals surface area contributed by atoms with Gasteiger partial charge in [-0.1, -0.05) is 0 Å². The van der Waals surface area contributed by atoms with E-state index in [1.165, 1.54) is 35.8 Å². The van der Waals surface area contributed by atoms with Crippen LogP contribution in [0, 0.1) is 12.7 Å². The highest BCUT2D eigenvalue weighted by atomic mass is 19.1. The summed E-state index contributed by atoms with van der Waals surface area (Å²) in [7, 11) is 0. The zero-order chi connectivity index (χ0) is 13.3. The molecule has 0 radical (unpaired) electrons. The molecule has 0 aliphatic heterocycles. The fourth-order valence-corrected chi connectivity index (χ4v) is 1.86. The van der Waals surface area contributed by atoms with Gasteiger partial charge in [0, 0.05) is 11.9 Å². The van der Waals surface area contributed by atoms with Crippen molar-refractivity contribution in [3.8, 4) is 5.69 Å². The van der Waals surface area contributed by atoms with Crippen LogP contribution < -0.4 is 5.56 Å². The van der Waals surface area contributed by atoms with Crippen molar-refractivity contribution in [1.29, 1.82) is 0 Å². The van der Waals surface area contributed by atoms with Crippen molar-refractivity contribution in [3.05, 3.63) is 63.8 Å². The highest BCUT2D eigenvalue weighted by Crippen LogP contribution is 2.09. The molecule has 2 aromatic rings. The molecule has 1 aromatic heterocycles. The summed E-state index contributed by atoms with van der Waals surface area (Å²) in [6.45, 7) is 3.08. The summed E-state index contributed by atoms with van der Waals surface area (Å²) in [5.41, 5.74) is 0.964. The molecule has 92 valence electrons. The van der Waals surface area contributed by atoms with E-state index in [1.54, 1.807) is 19.2 Å². The average molecular weight is 245 g/mol. The molecule has 0 fully saturated rings. The van der Waals surface area contributed by atoms with E-state index in [1.807, 2.05) is 0 Å². The first-order chi connectivity index (χ1) is 8.50. The van der Waals surface area contributed by atoms with Crippen LogP contribution in [-0.4, -0.2) is 10.4 Å². The second kappa shape index (κ2) is 4.56. The van der Waals surface area contributed by atoms with Gasteiger partial charge < -0.3 is 0 Å². The van der Waals surface area contributed by atoms with Crippen molar-refractivity contribution < 1.29 is 9.18 Å². The molecule has 4 heteroatoms. The molecule has 0 spiro atoms. The molecule has 0 saturated carbocycles. The van der Waals surface area contributed by atoms with Crippen LogP contribution in [0.25, 0.3) is 5.69 Å². The number of carbonyl (C=O) groups is 1. The Balaban J connectivity index is 2.67. The molecule has 0 aliphatic carbocycles. The molecule has 1 heterocycles. The molecule has 0 N–H and O–H groups in total. The lowest BCUT2D eigenvalue weighted by Crippen LogP contribution is -2.25. The first-order valence-electron chi connectivity index (χ1n) is 5.50. The molecular formula is C14H12FNO2. The number of carbonyl (C=O) groups excluding carboxylic acids is 1. The van der Waals surface area contributed by atoms with E-state index in [0.29, 0.717) is 11.3 Å². The van der Waals surface area contributed by atoms with Crippen LogP contribution >= 0.6 is 0 Å². The summed E-state index contributed by atoms with van der Waals surface area (Å²) in [5, 5.41) is 0. The Bertz CT molecular complexity index is 656. The predicted molar refractivity (Wildman–Crippen MR) is 66.7 cm³/mol. The highest BCUT2D eigenvalue weighted by Gasteiger charge is 2.12.